The van der Waals surface area contributed by atoms with Crippen LogP contribution >= 0.6 is 0 Å². The Balaban J connectivity index is 1.65. The molecule has 0 unspecified atom stereocenters. The van der Waals surface area contributed by atoms with E-state index < -0.39 is 11.4 Å². The standard InChI is InChI=1S/C26H22N6O3/c1-18-7-5-8-20(15-18)31-24(27)29-25(33)32(26(31)34)21-11-12-23(35-22-9-3-2-4-10-22)19(16-21)17-30-14-6-13-28-30/h2-16H,17H2,1H3,(H2,27,29,33). The summed E-state index contributed by atoms with van der Waals surface area (Å²) in [4.78, 5) is 30.2. The molecule has 2 N–H and O–H groups in total. The minimum absolute atomic E-state index is 0.178. The number of rotatable bonds is 6. The molecule has 0 amide bonds. The third-order valence-electron chi connectivity index (χ3n) is 5.44. The van der Waals surface area contributed by atoms with Crippen molar-refractivity contribution in [3.05, 3.63) is 123 Å². The number of benzene rings is 3. The molecule has 0 aliphatic heterocycles. The van der Waals surface area contributed by atoms with Gasteiger partial charge in [-0.25, -0.2) is 18.7 Å². The lowest BCUT2D eigenvalue weighted by atomic mass is 10.1. The van der Waals surface area contributed by atoms with E-state index in [0.29, 0.717) is 29.4 Å². The molecule has 0 atom stereocenters. The van der Waals surface area contributed by atoms with E-state index >= 15 is 0 Å². The van der Waals surface area contributed by atoms with Crippen LogP contribution in [0.5, 0.6) is 11.5 Å². The van der Waals surface area contributed by atoms with Crippen molar-refractivity contribution >= 4 is 5.95 Å². The molecule has 0 aliphatic carbocycles. The molecule has 0 radical (unpaired) electrons. The van der Waals surface area contributed by atoms with Crippen LogP contribution in [0.2, 0.25) is 0 Å². The third kappa shape index (κ3) is 4.47. The van der Waals surface area contributed by atoms with Crippen LogP contribution in [0.3, 0.4) is 0 Å². The Morgan fingerprint density at radius 1 is 0.886 bits per heavy atom. The summed E-state index contributed by atoms with van der Waals surface area (Å²) >= 11 is 0. The molecule has 35 heavy (non-hydrogen) atoms. The fraction of sp³-hybridized carbons (Fsp3) is 0.0769. The zero-order chi connectivity index (χ0) is 24.4. The van der Waals surface area contributed by atoms with Crippen molar-refractivity contribution in [3.8, 4) is 22.9 Å². The number of nitrogen functional groups attached to an aromatic ring is 1. The number of anilines is 1. The van der Waals surface area contributed by atoms with E-state index in [1.807, 2.05) is 61.7 Å². The van der Waals surface area contributed by atoms with Gasteiger partial charge in [0.25, 0.3) is 0 Å². The summed E-state index contributed by atoms with van der Waals surface area (Å²) in [6.45, 7) is 2.27. The van der Waals surface area contributed by atoms with Crippen LogP contribution in [0, 0.1) is 6.92 Å². The van der Waals surface area contributed by atoms with Gasteiger partial charge in [0.15, 0.2) is 0 Å². The van der Waals surface area contributed by atoms with Gasteiger partial charge in [-0.05, 0) is 61.0 Å². The first-order chi connectivity index (χ1) is 17.0. The summed E-state index contributed by atoms with van der Waals surface area (Å²) < 4.78 is 10.0. The van der Waals surface area contributed by atoms with Crippen molar-refractivity contribution in [1.82, 2.24) is 23.9 Å². The number of nitrogens with zero attached hydrogens (tertiary/aromatic N) is 5. The first-order valence-electron chi connectivity index (χ1n) is 10.9. The topological polar surface area (TPSA) is 110 Å². The van der Waals surface area contributed by atoms with Gasteiger partial charge < -0.3 is 10.5 Å². The molecule has 0 saturated heterocycles. The second-order valence-electron chi connectivity index (χ2n) is 7.96. The van der Waals surface area contributed by atoms with Crippen molar-refractivity contribution in [2.24, 2.45) is 0 Å². The highest BCUT2D eigenvalue weighted by Crippen LogP contribution is 2.27. The van der Waals surface area contributed by atoms with Gasteiger partial charge in [0, 0.05) is 18.0 Å². The lowest BCUT2D eigenvalue weighted by Crippen LogP contribution is -2.41. The summed E-state index contributed by atoms with van der Waals surface area (Å²) in [6.07, 6.45) is 3.50. The maximum Gasteiger partial charge on any atom is 0.359 e. The largest absolute Gasteiger partial charge is 0.457 e. The molecule has 0 bridgehead atoms. The SMILES string of the molecule is Cc1cccc(-n2c(N)nc(=O)n(-c3ccc(Oc4ccccc4)c(Cn4cccn4)c3)c2=O)c1. The van der Waals surface area contributed by atoms with Gasteiger partial charge in [0.1, 0.15) is 11.5 Å². The van der Waals surface area contributed by atoms with Gasteiger partial charge in [-0.3, -0.25) is 4.68 Å². The first kappa shape index (κ1) is 21.9. The molecule has 0 saturated carbocycles. The van der Waals surface area contributed by atoms with Crippen molar-refractivity contribution in [2.45, 2.75) is 13.5 Å². The number of nitrogens with two attached hydrogens (primary N) is 1. The van der Waals surface area contributed by atoms with Gasteiger partial charge in [-0.1, -0.05) is 30.3 Å². The fourth-order valence-electron chi connectivity index (χ4n) is 3.82. The van der Waals surface area contributed by atoms with Crippen LogP contribution in [0.25, 0.3) is 11.4 Å². The average molecular weight is 467 g/mol. The third-order valence-corrected chi connectivity index (χ3v) is 5.44. The smallest absolute Gasteiger partial charge is 0.359 e. The second-order valence-corrected chi connectivity index (χ2v) is 7.96. The summed E-state index contributed by atoms with van der Waals surface area (Å²) in [5, 5.41) is 4.27. The molecule has 0 fully saturated rings. The predicted octanol–water partition coefficient (Wildman–Crippen LogP) is 3.31. The Labute approximate surface area is 200 Å². The van der Waals surface area contributed by atoms with Crippen molar-refractivity contribution in [3.63, 3.8) is 0 Å². The molecular formula is C26H22N6O3. The monoisotopic (exact) mass is 466 g/mol. The van der Waals surface area contributed by atoms with Gasteiger partial charge in [0.2, 0.25) is 5.95 Å². The van der Waals surface area contributed by atoms with Crippen LogP contribution in [0.1, 0.15) is 11.1 Å². The minimum Gasteiger partial charge on any atom is -0.457 e. The lowest BCUT2D eigenvalue weighted by Gasteiger charge is -2.15. The van der Waals surface area contributed by atoms with E-state index in [0.717, 1.165) is 15.7 Å². The molecule has 3 aromatic carbocycles. The zero-order valence-corrected chi connectivity index (χ0v) is 18.9. The van der Waals surface area contributed by atoms with Gasteiger partial charge in [-0.2, -0.15) is 10.1 Å². The molecule has 0 aliphatic rings. The van der Waals surface area contributed by atoms with Crippen molar-refractivity contribution < 1.29 is 4.74 Å². The Morgan fingerprint density at radius 2 is 1.69 bits per heavy atom. The lowest BCUT2D eigenvalue weighted by molar-refractivity contribution is 0.472. The number of para-hydroxylation sites is 1. The Kier molecular flexibility index (Phi) is 5.72. The Morgan fingerprint density at radius 3 is 2.43 bits per heavy atom. The summed E-state index contributed by atoms with van der Waals surface area (Å²) in [6, 6.07) is 23.5. The molecule has 2 aromatic heterocycles. The molecule has 5 aromatic rings. The van der Waals surface area contributed by atoms with Crippen molar-refractivity contribution in [1.29, 1.82) is 0 Å². The van der Waals surface area contributed by atoms with Gasteiger partial charge in [0.05, 0.1) is 17.9 Å². The zero-order valence-electron chi connectivity index (χ0n) is 18.9. The van der Waals surface area contributed by atoms with Crippen molar-refractivity contribution in [2.75, 3.05) is 5.73 Å². The Hall–Kier alpha value is -4.92. The van der Waals surface area contributed by atoms with Crippen LogP contribution < -0.4 is 21.9 Å². The second kappa shape index (κ2) is 9.14. The molecule has 2 heterocycles. The van der Waals surface area contributed by atoms with Crippen LogP contribution in [0.15, 0.2) is 101 Å². The summed E-state index contributed by atoms with van der Waals surface area (Å²) in [7, 11) is 0. The van der Waals surface area contributed by atoms with E-state index in [-0.39, 0.29) is 5.95 Å². The number of aromatic nitrogens is 5. The highest BCUT2D eigenvalue weighted by atomic mass is 16.5. The number of aryl methyl sites for hydroxylation is 1. The van der Waals surface area contributed by atoms with Gasteiger partial charge >= 0.3 is 11.4 Å². The molecular weight excluding hydrogens is 444 g/mol. The van der Waals surface area contributed by atoms with Crippen LogP contribution in [-0.2, 0) is 6.54 Å². The maximum atomic E-state index is 13.5. The summed E-state index contributed by atoms with van der Waals surface area (Å²) in [5.74, 6) is 1.06. The highest BCUT2D eigenvalue weighted by Gasteiger charge is 2.16. The molecule has 174 valence electrons. The van der Waals surface area contributed by atoms with E-state index in [4.69, 9.17) is 10.5 Å². The Bertz CT molecular complexity index is 1600. The van der Waals surface area contributed by atoms with E-state index in [1.54, 1.807) is 41.2 Å². The van der Waals surface area contributed by atoms with E-state index in [2.05, 4.69) is 10.1 Å². The minimum atomic E-state index is -0.766. The number of ether oxygens (including phenoxy) is 1. The average Bonchev–Trinajstić information content (AvgIpc) is 3.34. The highest BCUT2D eigenvalue weighted by molar-refractivity contribution is 5.47. The molecule has 5 rings (SSSR count). The normalized spacial score (nSPS) is 10.9. The van der Waals surface area contributed by atoms with E-state index in [1.165, 1.54) is 4.57 Å². The number of hydrogen-bond donors (Lipinski definition) is 1. The van der Waals surface area contributed by atoms with Gasteiger partial charge in [-0.15, -0.1) is 0 Å². The van der Waals surface area contributed by atoms with Crippen LogP contribution in [-0.4, -0.2) is 23.9 Å². The van der Waals surface area contributed by atoms with Crippen LogP contribution in [0.4, 0.5) is 5.95 Å². The predicted molar refractivity (Wildman–Crippen MR) is 132 cm³/mol. The maximum absolute atomic E-state index is 13.5. The molecule has 9 nitrogen and oxygen atoms in total. The number of hydrogen-bond acceptors (Lipinski definition) is 6. The van der Waals surface area contributed by atoms with E-state index in [9.17, 15) is 9.59 Å². The fourth-order valence-corrected chi connectivity index (χ4v) is 3.82. The quantitative estimate of drug-likeness (QED) is 0.411. The molecule has 0 spiro atoms. The first-order valence-corrected chi connectivity index (χ1v) is 10.9. The summed E-state index contributed by atoms with van der Waals surface area (Å²) in [5.41, 5.74) is 7.14. The molecule has 9 heteroatoms.